The van der Waals surface area contributed by atoms with E-state index in [2.05, 4.69) is 0 Å². The van der Waals surface area contributed by atoms with Crippen molar-refractivity contribution in [2.24, 2.45) is 0 Å². The average molecular weight is 344 g/mol. The van der Waals surface area contributed by atoms with Crippen molar-refractivity contribution >= 4 is 29.2 Å². The molecule has 124 valence electrons. The molecule has 0 fully saturated rings. The zero-order valence-electron chi connectivity index (χ0n) is 13.4. The summed E-state index contributed by atoms with van der Waals surface area (Å²) in [6.07, 6.45) is 0.134. The van der Waals surface area contributed by atoms with E-state index in [0.29, 0.717) is 11.6 Å². The van der Waals surface area contributed by atoms with Crippen LogP contribution in [0, 0.1) is 0 Å². The largest absolute Gasteiger partial charge is 0.452 e. The van der Waals surface area contributed by atoms with Crippen LogP contribution in [0.2, 0.25) is 5.02 Å². The lowest BCUT2D eigenvalue weighted by atomic mass is 10.1. The molecule has 0 radical (unpaired) electrons. The number of esters is 1. The van der Waals surface area contributed by atoms with E-state index in [4.69, 9.17) is 16.3 Å². The first kappa shape index (κ1) is 16.5. The van der Waals surface area contributed by atoms with Gasteiger partial charge in [-0.25, -0.2) is 0 Å². The number of anilines is 1. The molecule has 24 heavy (non-hydrogen) atoms. The molecule has 2 aromatic carbocycles. The molecule has 1 heterocycles. The van der Waals surface area contributed by atoms with Crippen molar-refractivity contribution in [1.29, 1.82) is 0 Å². The molecule has 0 aromatic heterocycles. The van der Waals surface area contributed by atoms with Crippen LogP contribution in [0.5, 0.6) is 0 Å². The van der Waals surface area contributed by atoms with Gasteiger partial charge in [-0.05, 0) is 42.7 Å². The second kappa shape index (κ2) is 7.05. The van der Waals surface area contributed by atoms with Gasteiger partial charge in [-0.3, -0.25) is 9.59 Å². The highest BCUT2D eigenvalue weighted by Crippen LogP contribution is 2.28. The SMILES string of the molecule is C[C@@H](OC(=O)Cc1ccc(Cl)cc1)C(=O)N1CCc2ccccc21. The highest BCUT2D eigenvalue weighted by molar-refractivity contribution is 6.30. The Kier molecular flexibility index (Phi) is 4.86. The van der Waals surface area contributed by atoms with Gasteiger partial charge < -0.3 is 9.64 Å². The number of amides is 1. The third-order valence-electron chi connectivity index (χ3n) is 4.07. The molecule has 0 aliphatic carbocycles. The lowest BCUT2D eigenvalue weighted by molar-refractivity contribution is -0.153. The molecule has 1 aliphatic heterocycles. The zero-order chi connectivity index (χ0) is 17.1. The quantitative estimate of drug-likeness (QED) is 0.799. The van der Waals surface area contributed by atoms with E-state index in [1.165, 1.54) is 0 Å². The fourth-order valence-electron chi connectivity index (χ4n) is 2.84. The lowest BCUT2D eigenvalue weighted by Gasteiger charge is -2.21. The number of nitrogens with zero attached hydrogens (tertiary/aromatic N) is 1. The standard InChI is InChI=1S/C19H18ClNO3/c1-13(24-18(22)12-14-6-8-16(20)9-7-14)19(23)21-11-10-15-4-2-3-5-17(15)21/h2-9,13H,10-12H2,1H3/t13-/m1/s1. The van der Waals surface area contributed by atoms with E-state index >= 15 is 0 Å². The smallest absolute Gasteiger partial charge is 0.311 e. The van der Waals surface area contributed by atoms with Crippen LogP contribution in [0.1, 0.15) is 18.1 Å². The van der Waals surface area contributed by atoms with Gasteiger partial charge in [-0.2, -0.15) is 0 Å². The average Bonchev–Trinajstić information content (AvgIpc) is 3.00. The summed E-state index contributed by atoms with van der Waals surface area (Å²) in [6.45, 7) is 2.24. The molecular weight excluding hydrogens is 326 g/mol. The third kappa shape index (κ3) is 3.60. The summed E-state index contributed by atoms with van der Waals surface area (Å²) in [5.41, 5.74) is 2.85. The molecule has 0 saturated heterocycles. The number of benzene rings is 2. The first-order valence-electron chi connectivity index (χ1n) is 7.88. The minimum atomic E-state index is -0.809. The minimum Gasteiger partial charge on any atom is -0.452 e. The molecule has 5 heteroatoms. The number of rotatable bonds is 4. The fraction of sp³-hybridized carbons (Fsp3) is 0.263. The zero-order valence-corrected chi connectivity index (χ0v) is 14.1. The summed E-state index contributed by atoms with van der Waals surface area (Å²) < 4.78 is 5.31. The maximum Gasteiger partial charge on any atom is 0.311 e. The molecular formula is C19H18ClNO3. The van der Waals surface area contributed by atoms with Crippen LogP contribution in [0.4, 0.5) is 5.69 Å². The Hall–Kier alpha value is -2.33. The Morgan fingerprint density at radius 1 is 1.17 bits per heavy atom. The summed E-state index contributed by atoms with van der Waals surface area (Å²) >= 11 is 5.82. The predicted molar refractivity (Wildman–Crippen MR) is 93.2 cm³/mol. The number of fused-ring (bicyclic) bond motifs is 1. The summed E-state index contributed by atoms with van der Waals surface area (Å²) in [5, 5.41) is 0.614. The summed E-state index contributed by atoms with van der Waals surface area (Å²) in [7, 11) is 0. The number of para-hydroxylation sites is 1. The second-order valence-corrected chi connectivity index (χ2v) is 6.24. The normalized spacial score (nSPS) is 14.2. The molecule has 3 rings (SSSR count). The number of hydrogen-bond donors (Lipinski definition) is 0. The van der Waals surface area contributed by atoms with Crippen LogP contribution in [-0.4, -0.2) is 24.5 Å². The topological polar surface area (TPSA) is 46.6 Å². The highest BCUT2D eigenvalue weighted by atomic mass is 35.5. The number of carbonyl (C=O) groups excluding carboxylic acids is 2. The maximum atomic E-state index is 12.6. The van der Waals surface area contributed by atoms with E-state index in [1.807, 2.05) is 24.3 Å². The van der Waals surface area contributed by atoms with Crippen molar-refractivity contribution < 1.29 is 14.3 Å². The van der Waals surface area contributed by atoms with Gasteiger partial charge in [0.2, 0.25) is 0 Å². The van der Waals surface area contributed by atoms with E-state index in [1.54, 1.807) is 36.1 Å². The highest BCUT2D eigenvalue weighted by Gasteiger charge is 2.29. The van der Waals surface area contributed by atoms with Gasteiger partial charge in [0.25, 0.3) is 5.91 Å². The van der Waals surface area contributed by atoms with Gasteiger partial charge in [0.1, 0.15) is 0 Å². The Morgan fingerprint density at radius 3 is 2.62 bits per heavy atom. The van der Waals surface area contributed by atoms with Crippen molar-refractivity contribution in [1.82, 2.24) is 0 Å². The van der Waals surface area contributed by atoms with Gasteiger partial charge in [0.05, 0.1) is 6.42 Å². The molecule has 2 aromatic rings. The first-order valence-corrected chi connectivity index (χ1v) is 8.25. The lowest BCUT2D eigenvalue weighted by Crippen LogP contribution is -2.39. The minimum absolute atomic E-state index is 0.116. The van der Waals surface area contributed by atoms with Crippen molar-refractivity contribution in [3.05, 3.63) is 64.7 Å². The van der Waals surface area contributed by atoms with Crippen LogP contribution >= 0.6 is 11.6 Å². The van der Waals surface area contributed by atoms with Gasteiger partial charge >= 0.3 is 5.97 Å². The van der Waals surface area contributed by atoms with Crippen LogP contribution in [0.25, 0.3) is 0 Å². The van der Waals surface area contributed by atoms with Crippen LogP contribution in [-0.2, 0) is 27.2 Å². The third-order valence-corrected chi connectivity index (χ3v) is 4.32. The Balaban J connectivity index is 1.60. The van der Waals surface area contributed by atoms with Crippen LogP contribution < -0.4 is 4.90 Å². The van der Waals surface area contributed by atoms with Gasteiger partial charge in [-0.1, -0.05) is 41.9 Å². The van der Waals surface area contributed by atoms with Gasteiger partial charge in [0.15, 0.2) is 6.10 Å². The number of hydrogen-bond acceptors (Lipinski definition) is 3. The monoisotopic (exact) mass is 343 g/mol. The molecule has 1 amide bonds. The van der Waals surface area contributed by atoms with E-state index in [-0.39, 0.29) is 12.3 Å². The summed E-state index contributed by atoms with van der Waals surface area (Å²) in [5.74, 6) is -0.616. The number of carbonyl (C=O) groups is 2. The second-order valence-electron chi connectivity index (χ2n) is 5.80. The molecule has 0 spiro atoms. The van der Waals surface area contributed by atoms with Crippen molar-refractivity contribution in [3.63, 3.8) is 0 Å². The number of ether oxygens (including phenoxy) is 1. The molecule has 0 N–H and O–H groups in total. The van der Waals surface area contributed by atoms with E-state index in [0.717, 1.165) is 23.2 Å². The Labute approximate surface area is 146 Å². The molecule has 0 saturated carbocycles. The van der Waals surface area contributed by atoms with Crippen molar-refractivity contribution in [3.8, 4) is 0 Å². The molecule has 0 bridgehead atoms. The Morgan fingerprint density at radius 2 is 1.88 bits per heavy atom. The molecule has 4 nitrogen and oxygen atoms in total. The van der Waals surface area contributed by atoms with Crippen molar-refractivity contribution in [2.75, 3.05) is 11.4 Å². The summed E-state index contributed by atoms with van der Waals surface area (Å²) in [6, 6.07) is 14.8. The van der Waals surface area contributed by atoms with Gasteiger partial charge in [-0.15, -0.1) is 0 Å². The molecule has 1 atom stereocenters. The van der Waals surface area contributed by atoms with Crippen molar-refractivity contribution in [2.45, 2.75) is 25.9 Å². The van der Waals surface area contributed by atoms with Crippen LogP contribution in [0.15, 0.2) is 48.5 Å². The van der Waals surface area contributed by atoms with Crippen LogP contribution in [0.3, 0.4) is 0 Å². The number of halogens is 1. The summed E-state index contributed by atoms with van der Waals surface area (Å²) in [4.78, 5) is 26.3. The molecule has 1 aliphatic rings. The Bertz CT molecular complexity index is 757. The van der Waals surface area contributed by atoms with E-state index < -0.39 is 12.1 Å². The predicted octanol–water partition coefficient (Wildman–Crippen LogP) is 3.40. The van der Waals surface area contributed by atoms with E-state index in [9.17, 15) is 9.59 Å². The first-order chi connectivity index (χ1) is 11.5. The fourth-order valence-corrected chi connectivity index (χ4v) is 2.97. The molecule has 0 unspecified atom stereocenters. The van der Waals surface area contributed by atoms with Gasteiger partial charge in [0, 0.05) is 17.3 Å². The maximum absolute atomic E-state index is 12.6.